The zero-order valence-corrected chi connectivity index (χ0v) is 33.3. The van der Waals surface area contributed by atoms with Crippen molar-refractivity contribution < 1.29 is 4.42 Å². The van der Waals surface area contributed by atoms with Gasteiger partial charge in [0.25, 0.3) is 0 Å². The van der Waals surface area contributed by atoms with Crippen molar-refractivity contribution >= 4 is 65.6 Å². The molecule has 0 fully saturated rings. The molecule has 0 saturated heterocycles. The number of hydrogen-bond acceptors (Lipinski definition) is 1. The Labute approximate surface area is 347 Å². The third-order valence-electron chi connectivity index (χ3n) is 13.3. The molecule has 3 heterocycles. The van der Waals surface area contributed by atoms with Crippen molar-refractivity contribution in [3.63, 3.8) is 0 Å². The molecule has 13 rings (SSSR count). The average molecular weight is 767 g/mol. The first-order valence-corrected chi connectivity index (χ1v) is 20.8. The van der Waals surface area contributed by atoms with Gasteiger partial charge in [0, 0.05) is 49.1 Å². The highest BCUT2D eigenvalue weighted by Gasteiger charge is 2.35. The van der Waals surface area contributed by atoms with Crippen LogP contribution >= 0.6 is 0 Å². The minimum absolute atomic E-state index is 0.0641. The fourth-order valence-corrected chi connectivity index (χ4v) is 10.4. The van der Waals surface area contributed by atoms with Crippen LogP contribution in [0.4, 0.5) is 0 Å². The van der Waals surface area contributed by atoms with Crippen molar-refractivity contribution in [3.8, 4) is 44.8 Å². The maximum absolute atomic E-state index is 6.22. The van der Waals surface area contributed by atoms with Gasteiger partial charge in [-0.2, -0.15) is 0 Å². The lowest BCUT2D eigenvalue weighted by Gasteiger charge is -2.22. The average Bonchev–Trinajstić information content (AvgIpc) is 4.01. The van der Waals surface area contributed by atoms with Crippen molar-refractivity contribution in [1.29, 1.82) is 0 Å². The van der Waals surface area contributed by atoms with E-state index in [0.717, 1.165) is 38.8 Å². The van der Waals surface area contributed by atoms with Gasteiger partial charge in [0.2, 0.25) is 0 Å². The van der Waals surface area contributed by atoms with Gasteiger partial charge < -0.3 is 13.6 Å². The second-order valence-corrected chi connectivity index (χ2v) is 16.9. The van der Waals surface area contributed by atoms with E-state index in [-0.39, 0.29) is 5.41 Å². The summed E-state index contributed by atoms with van der Waals surface area (Å²) in [6, 6.07) is 71.2. The third-order valence-corrected chi connectivity index (χ3v) is 13.3. The zero-order chi connectivity index (χ0) is 39.7. The molecule has 282 valence electrons. The van der Waals surface area contributed by atoms with Gasteiger partial charge >= 0.3 is 0 Å². The molecule has 1 aliphatic carbocycles. The third kappa shape index (κ3) is 4.66. The van der Waals surface area contributed by atoms with Gasteiger partial charge in [0.05, 0.1) is 22.1 Å². The van der Waals surface area contributed by atoms with E-state index < -0.39 is 0 Å². The topological polar surface area (TPSA) is 23.0 Å². The van der Waals surface area contributed by atoms with E-state index in [1.807, 2.05) is 12.1 Å². The number of aromatic nitrogens is 2. The molecule has 60 heavy (non-hydrogen) atoms. The van der Waals surface area contributed by atoms with E-state index in [1.165, 1.54) is 82.7 Å². The number of benzene rings is 9. The molecule has 0 atom stereocenters. The van der Waals surface area contributed by atoms with Crippen LogP contribution in [0.1, 0.15) is 25.0 Å². The normalized spacial score (nSPS) is 13.3. The molecule has 3 heteroatoms. The molecule has 0 aliphatic heterocycles. The van der Waals surface area contributed by atoms with Gasteiger partial charge in [-0.1, -0.05) is 129 Å². The largest absolute Gasteiger partial charge is 0.456 e. The van der Waals surface area contributed by atoms with E-state index in [4.69, 9.17) is 4.42 Å². The predicted molar refractivity (Wildman–Crippen MR) is 251 cm³/mol. The van der Waals surface area contributed by atoms with Gasteiger partial charge in [0.15, 0.2) is 0 Å². The Morgan fingerprint density at radius 2 is 0.833 bits per heavy atom. The summed E-state index contributed by atoms with van der Waals surface area (Å²) in [5.41, 5.74) is 19.1. The fourth-order valence-electron chi connectivity index (χ4n) is 10.4. The van der Waals surface area contributed by atoms with E-state index in [2.05, 4.69) is 205 Å². The highest BCUT2D eigenvalue weighted by Crippen LogP contribution is 2.49. The van der Waals surface area contributed by atoms with Gasteiger partial charge in [-0.3, -0.25) is 0 Å². The summed E-state index contributed by atoms with van der Waals surface area (Å²) in [5.74, 6) is 0. The van der Waals surface area contributed by atoms with Crippen LogP contribution in [0.3, 0.4) is 0 Å². The molecule has 0 bridgehead atoms. The van der Waals surface area contributed by atoms with Gasteiger partial charge in [-0.15, -0.1) is 0 Å². The maximum atomic E-state index is 6.22. The maximum Gasteiger partial charge on any atom is 0.136 e. The zero-order valence-electron chi connectivity index (χ0n) is 33.3. The van der Waals surface area contributed by atoms with Crippen LogP contribution in [0.5, 0.6) is 0 Å². The lowest BCUT2D eigenvalue weighted by molar-refractivity contribution is 0.660. The van der Waals surface area contributed by atoms with Crippen LogP contribution in [-0.4, -0.2) is 9.13 Å². The monoisotopic (exact) mass is 766 g/mol. The molecular weight excluding hydrogens is 729 g/mol. The van der Waals surface area contributed by atoms with Crippen LogP contribution < -0.4 is 0 Å². The van der Waals surface area contributed by atoms with Crippen molar-refractivity contribution in [2.75, 3.05) is 0 Å². The Morgan fingerprint density at radius 1 is 0.333 bits per heavy atom. The first kappa shape index (κ1) is 33.4. The Kier molecular flexibility index (Phi) is 6.78. The first-order valence-electron chi connectivity index (χ1n) is 20.8. The molecule has 3 aromatic heterocycles. The van der Waals surface area contributed by atoms with Gasteiger partial charge in [-0.05, 0) is 123 Å². The Morgan fingerprint density at radius 3 is 1.55 bits per heavy atom. The second kappa shape index (κ2) is 12.2. The van der Waals surface area contributed by atoms with Crippen LogP contribution in [0.2, 0.25) is 0 Å². The summed E-state index contributed by atoms with van der Waals surface area (Å²) in [6.07, 6.45) is 0. The highest BCUT2D eigenvalue weighted by atomic mass is 16.3. The van der Waals surface area contributed by atoms with Crippen molar-refractivity contribution in [2.24, 2.45) is 0 Å². The number of hydrogen-bond donors (Lipinski definition) is 0. The molecule has 1 aliphatic rings. The summed E-state index contributed by atoms with van der Waals surface area (Å²) < 4.78 is 11.1. The number of para-hydroxylation sites is 3. The summed E-state index contributed by atoms with van der Waals surface area (Å²) >= 11 is 0. The van der Waals surface area contributed by atoms with E-state index in [9.17, 15) is 0 Å². The smallest absolute Gasteiger partial charge is 0.136 e. The Hall–Kier alpha value is -7.62. The first-order chi connectivity index (χ1) is 29.5. The number of nitrogens with zero attached hydrogens (tertiary/aromatic N) is 2. The van der Waals surface area contributed by atoms with Gasteiger partial charge in [0.1, 0.15) is 11.2 Å². The van der Waals surface area contributed by atoms with Crippen LogP contribution in [0.15, 0.2) is 199 Å². The highest BCUT2D eigenvalue weighted by molar-refractivity contribution is 6.13. The molecular formula is C57H38N2O. The molecule has 0 spiro atoms. The molecule has 0 saturated carbocycles. The molecule has 0 N–H and O–H groups in total. The van der Waals surface area contributed by atoms with Crippen molar-refractivity contribution in [3.05, 3.63) is 205 Å². The van der Waals surface area contributed by atoms with Crippen molar-refractivity contribution in [1.82, 2.24) is 9.13 Å². The second-order valence-electron chi connectivity index (χ2n) is 16.9. The quantitative estimate of drug-likeness (QED) is 0.175. The van der Waals surface area contributed by atoms with Crippen LogP contribution in [0.25, 0.3) is 110 Å². The standard InChI is InChI=1S/C57H38N2O/c1-57(2)49-15-7-3-11-41(49)42-28-26-40(34-50(42)57)59-52-17-9-5-13-44(52)48-32-37(23-30-54(48)59)36-22-29-53-47(31-36)43-12-4-8-16-51(43)58(53)39-24-19-35(20-25-39)38-21-27-46-45-14-6-10-18-55(45)60-56(46)33-38/h3-34H,1-2H3. The molecule has 9 aromatic carbocycles. The lowest BCUT2D eigenvalue weighted by atomic mass is 9.82. The summed E-state index contributed by atoms with van der Waals surface area (Å²) in [6.45, 7) is 4.71. The number of fused-ring (bicyclic) bond motifs is 12. The molecule has 3 nitrogen and oxygen atoms in total. The Bertz CT molecular complexity index is 3740. The summed E-state index contributed by atoms with van der Waals surface area (Å²) in [5, 5.41) is 7.30. The Balaban J connectivity index is 0.899. The molecule has 0 radical (unpaired) electrons. The van der Waals surface area contributed by atoms with Crippen LogP contribution in [-0.2, 0) is 5.41 Å². The number of rotatable bonds is 4. The lowest BCUT2D eigenvalue weighted by Crippen LogP contribution is -2.15. The van der Waals surface area contributed by atoms with E-state index in [1.54, 1.807) is 0 Å². The molecule has 0 unspecified atom stereocenters. The molecule has 12 aromatic rings. The SMILES string of the molecule is CC1(C)c2ccccc2-c2ccc(-n3c4ccccc4c4cc(-c5ccc6c(c5)c5ccccc5n6-c5ccc(-c6ccc7c(c6)oc6ccccc67)cc5)ccc43)cc21. The van der Waals surface area contributed by atoms with Gasteiger partial charge in [-0.25, -0.2) is 0 Å². The predicted octanol–water partition coefficient (Wildman–Crippen LogP) is 15.4. The van der Waals surface area contributed by atoms with E-state index >= 15 is 0 Å². The van der Waals surface area contributed by atoms with Crippen LogP contribution in [0, 0.1) is 0 Å². The van der Waals surface area contributed by atoms with E-state index in [0.29, 0.717) is 0 Å². The minimum Gasteiger partial charge on any atom is -0.456 e. The van der Waals surface area contributed by atoms with Crippen molar-refractivity contribution in [2.45, 2.75) is 19.3 Å². The fraction of sp³-hybridized carbons (Fsp3) is 0.0526. The summed E-state index contributed by atoms with van der Waals surface area (Å²) in [7, 11) is 0. The number of furan rings is 1. The summed E-state index contributed by atoms with van der Waals surface area (Å²) in [4.78, 5) is 0. The molecule has 0 amide bonds. The minimum atomic E-state index is -0.0641.